The Morgan fingerprint density at radius 3 is 2.74 bits per heavy atom. The van der Waals surface area contributed by atoms with E-state index >= 15 is 0 Å². The van der Waals surface area contributed by atoms with Gasteiger partial charge in [-0.2, -0.15) is 0 Å². The number of methoxy groups -OCH3 is 1. The summed E-state index contributed by atoms with van der Waals surface area (Å²) in [5, 5.41) is 3.72. The van der Waals surface area contributed by atoms with Crippen molar-refractivity contribution in [1.82, 2.24) is 4.98 Å². The molecule has 5 heteroatoms. The molecule has 1 aliphatic carbocycles. The van der Waals surface area contributed by atoms with Gasteiger partial charge in [0.2, 0.25) is 5.91 Å². The van der Waals surface area contributed by atoms with Crippen LogP contribution in [0.3, 0.4) is 0 Å². The Balaban J connectivity index is 1.77. The first kappa shape index (κ1) is 15.6. The van der Waals surface area contributed by atoms with Crippen LogP contribution in [-0.4, -0.2) is 24.0 Å². The number of nitrogens with one attached hydrogen (secondary N) is 2. The van der Waals surface area contributed by atoms with Crippen molar-refractivity contribution in [2.24, 2.45) is 5.92 Å². The van der Waals surface area contributed by atoms with Crippen LogP contribution in [0.1, 0.15) is 49.0 Å². The Morgan fingerprint density at radius 1 is 1.26 bits per heavy atom. The second-order valence-electron chi connectivity index (χ2n) is 6.15. The summed E-state index contributed by atoms with van der Waals surface area (Å²) in [7, 11) is 1.33. The molecule has 1 heterocycles. The third-order valence-corrected chi connectivity index (χ3v) is 4.61. The van der Waals surface area contributed by atoms with Gasteiger partial charge in [0, 0.05) is 17.3 Å². The van der Waals surface area contributed by atoms with E-state index in [0.717, 1.165) is 17.3 Å². The second kappa shape index (κ2) is 6.86. The Labute approximate surface area is 135 Å². The maximum Gasteiger partial charge on any atom is 0.356 e. The van der Waals surface area contributed by atoms with Gasteiger partial charge in [-0.15, -0.1) is 0 Å². The van der Waals surface area contributed by atoms with Crippen molar-refractivity contribution in [2.45, 2.75) is 38.5 Å². The molecule has 3 rings (SSSR count). The van der Waals surface area contributed by atoms with Crippen LogP contribution in [0.25, 0.3) is 10.9 Å². The summed E-state index contributed by atoms with van der Waals surface area (Å²) in [6.45, 7) is 0. The van der Waals surface area contributed by atoms with Crippen LogP contribution in [0, 0.1) is 5.92 Å². The van der Waals surface area contributed by atoms with Crippen LogP contribution < -0.4 is 5.32 Å². The Bertz CT molecular complexity index is 714. The molecule has 0 unspecified atom stereocenters. The highest BCUT2D eigenvalue weighted by Gasteiger charge is 2.21. The molecule has 0 bridgehead atoms. The highest BCUT2D eigenvalue weighted by Crippen LogP contribution is 2.30. The summed E-state index contributed by atoms with van der Waals surface area (Å²) < 4.78 is 4.81. The monoisotopic (exact) mass is 314 g/mol. The van der Waals surface area contributed by atoms with E-state index < -0.39 is 5.97 Å². The number of aromatic nitrogens is 1. The van der Waals surface area contributed by atoms with Gasteiger partial charge in [0.1, 0.15) is 5.69 Å². The Kier molecular flexibility index (Phi) is 4.65. The smallest absolute Gasteiger partial charge is 0.356 e. The molecule has 1 aliphatic rings. The number of ether oxygens (including phenoxy) is 1. The molecule has 0 spiro atoms. The van der Waals surface area contributed by atoms with E-state index in [-0.39, 0.29) is 5.91 Å². The molecular weight excluding hydrogens is 292 g/mol. The quantitative estimate of drug-likeness (QED) is 0.823. The number of benzene rings is 1. The van der Waals surface area contributed by atoms with Gasteiger partial charge in [-0.05, 0) is 18.4 Å². The fourth-order valence-corrected chi connectivity index (χ4v) is 3.36. The van der Waals surface area contributed by atoms with Crippen LogP contribution in [-0.2, 0) is 9.53 Å². The predicted molar refractivity (Wildman–Crippen MR) is 89.5 cm³/mol. The number of rotatable bonds is 5. The summed E-state index contributed by atoms with van der Waals surface area (Å²) in [4.78, 5) is 27.3. The number of aromatic amines is 1. The highest BCUT2D eigenvalue weighted by atomic mass is 16.5. The van der Waals surface area contributed by atoms with Crippen LogP contribution >= 0.6 is 0 Å². The van der Waals surface area contributed by atoms with Gasteiger partial charge in [0.15, 0.2) is 0 Å². The van der Waals surface area contributed by atoms with Crippen molar-refractivity contribution in [3.05, 3.63) is 30.0 Å². The van der Waals surface area contributed by atoms with Gasteiger partial charge < -0.3 is 15.0 Å². The van der Waals surface area contributed by atoms with E-state index in [1.165, 1.54) is 32.8 Å². The topological polar surface area (TPSA) is 71.2 Å². The molecule has 2 aromatic rings. The van der Waals surface area contributed by atoms with Gasteiger partial charge in [-0.1, -0.05) is 43.9 Å². The van der Waals surface area contributed by atoms with E-state index in [4.69, 9.17) is 4.74 Å². The molecular formula is C18H22N2O3. The van der Waals surface area contributed by atoms with Gasteiger partial charge in [0.25, 0.3) is 0 Å². The first-order valence-corrected chi connectivity index (χ1v) is 8.18. The Morgan fingerprint density at radius 2 is 2.00 bits per heavy atom. The molecule has 2 N–H and O–H groups in total. The van der Waals surface area contributed by atoms with E-state index in [2.05, 4.69) is 10.3 Å². The SMILES string of the molecule is COC(=O)c1[nH]c2ccccc2c1NC(=O)CCC1CCCC1. The van der Waals surface area contributed by atoms with E-state index in [0.29, 0.717) is 23.7 Å². The fourth-order valence-electron chi connectivity index (χ4n) is 3.36. The van der Waals surface area contributed by atoms with E-state index in [1.54, 1.807) is 0 Å². The minimum Gasteiger partial charge on any atom is -0.464 e. The lowest BCUT2D eigenvalue weighted by atomic mass is 10.0. The van der Waals surface area contributed by atoms with Crippen LogP contribution in [0.15, 0.2) is 24.3 Å². The van der Waals surface area contributed by atoms with Crippen LogP contribution in [0.4, 0.5) is 5.69 Å². The molecule has 1 fully saturated rings. The number of anilines is 1. The van der Waals surface area contributed by atoms with Crippen molar-refractivity contribution in [1.29, 1.82) is 0 Å². The summed E-state index contributed by atoms with van der Waals surface area (Å²) >= 11 is 0. The van der Waals surface area contributed by atoms with Crippen molar-refractivity contribution in [3.8, 4) is 0 Å². The predicted octanol–water partition coefficient (Wildman–Crippen LogP) is 3.86. The van der Waals surface area contributed by atoms with Crippen molar-refractivity contribution < 1.29 is 14.3 Å². The van der Waals surface area contributed by atoms with E-state index in [1.807, 2.05) is 24.3 Å². The highest BCUT2D eigenvalue weighted by molar-refractivity contribution is 6.10. The zero-order chi connectivity index (χ0) is 16.2. The maximum absolute atomic E-state index is 12.3. The molecule has 0 saturated heterocycles. The molecule has 1 aromatic carbocycles. The molecule has 0 radical (unpaired) electrons. The largest absolute Gasteiger partial charge is 0.464 e. The standard InChI is InChI=1S/C18H22N2O3/c1-23-18(22)17-16(13-8-4-5-9-14(13)19-17)20-15(21)11-10-12-6-2-3-7-12/h4-5,8-9,12,19H,2-3,6-7,10-11H2,1H3,(H,20,21). The van der Waals surface area contributed by atoms with Crippen LogP contribution in [0.5, 0.6) is 0 Å². The van der Waals surface area contributed by atoms with Gasteiger partial charge >= 0.3 is 5.97 Å². The lowest BCUT2D eigenvalue weighted by Crippen LogP contribution is -2.15. The number of para-hydroxylation sites is 1. The van der Waals surface area contributed by atoms with Gasteiger partial charge in [0.05, 0.1) is 12.8 Å². The van der Waals surface area contributed by atoms with Gasteiger partial charge in [-0.3, -0.25) is 4.79 Å². The first-order valence-electron chi connectivity index (χ1n) is 8.18. The number of carbonyl (C=O) groups excluding carboxylic acids is 2. The lowest BCUT2D eigenvalue weighted by molar-refractivity contribution is -0.116. The maximum atomic E-state index is 12.3. The fraction of sp³-hybridized carbons (Fsp3) is 0.444. The molecule has 0 atom stereocenters. The first-order chi connectivity index (χ1) is 11.2. The third-order valence-electron chi connectivity index (χ3n) is 4.61. The normalized spacial score (nSPS) is 15.0. The zero-order valence-corrected chi connectivity index (χ0v) is 13.4. The average molecular weight is 314 g/mol. The summed E-state index contributed by atoms with van der Waals surface area (Å²) in [6.07, 6.45) is 6.43. The van der Waals surface area contributed by atoms with Crippen molar-refractivity contribution in [2.75, 3.05) is 12.4 Å². The average Bonchev–Trinajstić information content (AvgIpc) is 3.20. The molecule has 5 nitrogen and oxygen atoms in total. The lowest BCUT2D eigenvalue weighted by Gasteiger charge is -2.09. The molecule has 122 valence electrons. The molecule has 0 aliphatic heterocycles. The molecule has 1 aromatic heterocycles. The summed E-state index contributed by atoms with van der Waals surface area (Å²) in [5.41, 5.74) is 1.62. The molecule has 1 amide bonds. The second-order valence-corrected chi connectivity index (χ2v) is 6.15. The van der Waals surface area contributed by atoms with Crippen molar-refractivity contribution >= 4 is 28.5 Å². The number of amides is 1. The molecule has 1 saturated carbocycles. The minimum absolute atomic E-state index is 0.0493. The number of hydrogen-bond donors (Lipinski definition) is 2. The van der Waals surface area contributed by atoms with Crippen LogP contribution in [0.2, 0.25) is 0 Å². The number of esters is 1. The third kappa shape index (κ3) is 3.38. The van der Waals surface area contributed by atoms with E-state index in [9.17, 15) is 9.59 Å². The van der Waals surface area contributed by atoms with Crippen molar-refractivity contribution in [3.63, 3.8) is 0 Å². The molecule has 23 heavy (non-hydrogen) atoms. The zero-order valence-electron chi connectivity index (χ0n) is 13.4. The summed E-state index contributed by atoms with van der Waals surface area (Å²) in [6, 6.07) is 7.51. The summed E-state index contributed by atoms with van der Waals surface area (Å²) in [5.74, 6) is 0.142. The number of fused-ring (bicyclic) bond motifs is 1. The number of carbonyl (C=O) groups is 2. The minimum atomic E-state index is -0.479. The Hall–Kier alpha value is -2.30. The van der Waals surface area contributed by atoms with Gasteiger partial charge in [-0.25, -0.2) is 4.79 Å². The number of H-pyrrole nitrogens is 1. The number of hydrogen-bond acceptors (Lipinski definition) is 3.